The Morgan fingerprint density at radius 3 is 2.59 bits per heavy atom. The molecule has 0 saturated heterocycles. The summed E-state index contributed by atoms with van der Waals surface area (Å²) in [5, 5.41) is 11.4. The lowest BCUT2D eigenvalue weighted by atomic mass is 10.0. The molecule has 0 bridgehead atoms. The maximum atomic E-state index is 14.0. The van der Waals surface area contributed by atoms with Crippen LogP contribution in [0.15, 0.2) is 80.6 Å². The monoisotopic (exact) mass is 837 g/mol. The number of aryl methyl sites for hydroxylation is 1. The van der Waals surface area contributed by atoms with Crippen LogP contribution in [0, 0.1) is 24.2 Å². The van der Waals surface area contributed by atoms with Gasteiger partial charge in [-0.05, 0) is 107 Å². The Labute approximate surface area is 282 Å². The van der Waals surface area contributed by atoms with Gasteiger partial charge in [-0.1, -0.05) is 30.1 Å². The van der Waals surface area contributed by atoms with E-state index in [1.807, 2.05) is 19.1 Å². The Hall–Kier alpha value is -3.57. The summed E-state index contributed by atoms with van der Waals surface area (Å²) >= 11 is 5.59. The first-order valence-electron chi connectivity index (χ1n) is 13.3. The highest BCUT2D eigenvalue weighted by atomic mass is 127. The second-order valence-electron chi connectivity index (χ2n) is 9.67. The molecule has 13 heteroatoms. The van der Waals surface area contributed by atoms with E-state index in [-0.39, 0.29) is 23.4 Å². The van der Waals surface area contributed by atoms with Crippen LogP contribution in [0.2, 0.25) is 0 Å². The number of nitro groups is 1. The van der Waals surface area contributed by atoms with Crippen molar-refractivity contribution in [2.24, 2.45) is 4.99 Å². The molecule has 2 aromatic carbocycles. The molecule has 0 radical (unpaired) electrons. The van der Waals surface area contributed by atoms with Gasteiger partial charge in [0.2, 0.25) is 0 Å². The number of ether oxygens (including phenoxy) is 2. The van der Waals surface area contributed by atoms with Crippen molar-refractivity contribution in [3.8, 4) is 17.1 Å². The van der Waals surface area contributed by atoms with Crippen LogP contribution in [0.4, 0.5) is 5.69 Å². The number of furan rings is 1. The molecule has 5 rings (SSSR count). The zero-order chi connectivity index (χ0) is 31.7. The van der Waals surface area contributed by atoms with E-state index in [1.54, 1.807) is 44.2 Å². The molecular weight excluding hydrogens is 812 g/mol. The molecule has 0 saturated carbocycles. The first-order valence-corrected chi connectivity index (χ1v) is 16.3. The summed E-state index contributed by atoms with van der Waals surface area (Å²) in [7, 11) is 0. The summed E-state index contributed by atoms with van der Waals surface area (Å²) in [6, 6.07) is 10.7. The Bertz CT molecular complexity index is 2020. The maximum Gasteiger partial charge on any atom is 0.338 e. The van der Waals surface area contributed by atoms with Crippen LogP contribution < -0.4 is 19.6 Å². The number of rotatable bonds is 9. The van der Waals surface area contributed by atoms with Gasteiger partial charge in [-0.2, -0.15) is 0 Å². The third-order valence-corrected chi connectivity index (χ3v) is 9.36. The predicted molar refractivity (Wildman–Crippen MR) is 184 cm³/mol. The van der Waals surface area contributed by atoms with E-state index in [9.17, 15) is 19.7 Å². The predicted octanol–water partition coefficient (Wildman–Crippen LogP) is 6.05. The van der Waals surface area contributed by atoms with Gasteiger partial charge < -0.3 is 13.9 Å². The number of carbonyl (C=O) groups excluding carboxylic acids is 1. The Morgan fingerprint density at radius 2 is 1.93 bits per heavy atom. The van der Waals surface area contributed by atoms with Crippen molar-refractivity contribution in [2.75, 3.05) is 13.2 Å². The number of esters is 1. The fourth-order valence-electron chi connectivity index (χ4n) is 4.79. The summed E-state index contributed by atoms with van der Waals surface area (Å²) in [4.78, 5) is 43.2. The van der Waals surface area contributed by atoms with Gasteiger partial charge in [-0.25, -0.2) is 9.79 Å². The number of carbonyl (C=O) groups is 1. The van der Waals surface area contributed by atoms with Crippen LogP contribution in [-0.2, 0) is 9.53 Å². The second kappa shape index (κ2) is 13.2. The van der Waals surface area contributed by atoms with Crippen LogP contribution in [-0.4, -0.2) is 28.7 Å². The van der Waals surface area contributed by atoms with Crippen molar-refractivity contribution in [1.82, 2.24) is 4.57 Å². The third kappa shape index (κ3) is 6.17. The number of hydrogen-bond acceptors (Lipinski definition) is 9. The number of fused-ring (bicyclic) bond motifs is 1. The smallest absolute Gasteiger partial charge is 0.338 e. The molecule has 1 aliphatic rings. The lowest BCUT2D eigenvalue weighted by molar-refractivity contribution is -0.384. The van der Waals surface area contributed by atoms with Crippen molar-refractivity contribution in [1.29, 1.82) is 0 Å². The molecule has 0 aliphatic carbocycles. The molecule has 1 atom stereocenters. The molecule has 3 heterocycles. The van der Waals surface area contributed by atoms with E-state index < -0.39 is 16.9 Å². The van der Waals surface area contributed by atoms with Gasteiger partial charge in [0.05, 0.1) is 34.5 Å². The lowest BCUT2D eigenvalue weighted by Crippen LogP contribution is -2.39. The summed E-state index contributed by atoms with van der Waals surface area (Å²) < 4.78 is 21.0. The highest BCUT2D eigenvalue weighted by Gasteiger charge is 2.35. The molecule has 10 nitrogen and oxygen atoms in total. The number of allylic oxidation sites excluding steroid dienone is 1. The number of thiazole rings is 1. The normalized spacial score (nSPS) is 14.7. The molecule has 44 heavy (non-hydrogen) atoms. The number of nitro benzene ring substituents is 1. The summed E-state index contributed by atoms with van der Waals surface area (Å²) in [5.74, 6) is 0.788. The first-order chi connectivity index (χ1) is 21.0. The number of hydrogen-bond donors (Lipinski definition) is 0. The Morgan fingerprint density at radius 1 is 1.20 bits per heavy atom. The quantitative estimate of drug-likeness (QED) is 0.0661. The minimum Gasteiger partial charge on any atom is -0.487 e. The van der Waals surface area contributed by atoms with Crippen molar-refractivity contribution in [2.45, 2.75) is 26.8 Å². The largest absolute Gasteiger partial charge is 0.487 e. The van der Waals surface area contributed by atoms with E-state index >= 15 is 0 Å². The van der Waals surface area contributed by atoms with Gasteiger partial charge in [0.25, 0.3) is 11.2 Å². The van der Waals surface area contributed by atoms with Gasteiger partial charge in [-0.3, -0.25) is 19.5 Å². The molecule has 0 amide bonds. The zero-order valence-electron chi connectivity index (χ0n) is 23.8. The minimum atomic E-state index is -0.963. The van der Waals surface area contributed by atoms with Gasteiger partial charge in [0, 0.05) is 17.7 Å². The van der Waals surface area contributed by atoms with Crippen LogP contribution in [0.25, 0.3) is 17.4 Å². The molecule has 0 N–H and O–H groups in total. The highest BCUT2D eigenvalue weighted by molar-refractivity contribution is 14.1. The average molecular weight is 837 g/mol. The summed E-state index contributed by atoms with van der Waals surface area (Å²) in [6.07, 6.45) is 3.46. The van der Waals surface area contributed by atoms with E-state index in [0.717, 1.165) is 24.0 Å². The fourth-order valence-corrected chi connectivity index (χ4v) is 7.96. The van der Waals surface area contributed by atoms with Crippen LogP contribution in [0.1, 0.15) is 36.8 Å². The standard InChI is InChI=1S/C31H25I2N3O7S/c1-5-11-42-28-21(32)12-18(13-22(28)33)14-25-29(37)35-27(26(30(38)41-6-2)17(4)34-31(35)44-25)24-10-9-23(43-24)20-15-19(36(39)40)8-7-16(20)3/h5,7-10,12-15,27H,1,6,11H2,2-4H3/b25-14-/t27-/m0/s1. The third-order valence-electron chi connectivity index (χ3n) is 6.77. The SMILES string of the molecule is C=CCOc1c(I)cc(/C=c2\sc3n(c2=O)[C@@H](c2ccc(-c4cc([N+](=O)[O-])ccc4C)o2)C(C(=O)OCC)=C(C)N=3)cc1I. The molecule has 2 aromatic heterocycles. The minimum absolute atomic E-state index is 0.0795. The van der Waals surface area contributed by atoms with Crippen LogP contribution in [0.5, 0.6) is 5.75 Å². The first kappa shape index (κ1) is 31.8. The van der Waals surface area contributed by atoms with E-state index in [1.165, 1.54) is 28.0 Å². The van der Waals surface area contributed by atoms with Crippen molar-refractivity contribution < 1.29 is 23.6 Å². The molecular formula is C31H25I2N3O7S. The van der Waals surface area contributed by atoms with Gasteiger partial charge >= 0.3 is 5.97 Å². The Kier molecular flexibility index (Phi) is 9.55. The number of nitrogens with zero attached hydrogens (tertiary/aromatic N) is 3. The van der Waals surface area contributed by atoms with Crippen molar-refractivity contribution >= 4 is 74.3 Å². The van der Waals surface area contributed by atoms with E-state index in [4.69, 9.17) is 13.9 Å². The molecule has 1 aliphatic heterocycles. The van der Waals surface area contributed by atoms with Gasteiger partial charge in [0.15, 0.2) is 4.80 Å². The molecule has 0 spiro atoms. The van der Waals surface area contributed by atoms with Gasteiger partial charge in [-0.15, -0.1) is 0 Å². The summed E-state index contributed by atoms with van der Waals surface area (Å²) in [6.45, 7) is 9.41. The number of aromatic nitrogens is 1. The Balaban J connectivity index is 1.66. The average Bonchev–Trinajstić information content (AvgIpc) is 3.57. The number of halogens is 2. The van der Waals surface area contributed by atoms with E-state index in [2.05, 4.69) is 56.8 Å². The van der Waals surface area contributed by atoms with Crippen molar-refractivity contribution in [3.05, 3.63) is 120 Å². The zero-order valence-corrected chi connectivity index (χ0v) is 28.9. The summed E-state index contributed by atoms with van der Waals surface area (Å²) in [5.41, 5.74) is 2.24. The number of non-ortho nitro benzene ring substituents is 1. The van der Waals surface area contributed by atoms with E-state index in [0.29, 0.717) is 38.7 Å². The van der Waals surface area contributed by atoms with Crippen LogP contribution in [0.3, 0.4) is 0 Å². The van der Waals surface area contributed by atoms with Gasteiger partial charge in [0.1, 0.15) is 29.9 Å². The van der Waals surface area contributed by atoms with Crippen molar-refractivity contribution in [3.63, 3.8) is 0 Å². The molecule has 0 fully saturated rings. The van der Waals surface area contributed by atoms with Crippen LogP contribution >= 0.6 is 56.5 Å². The fraction of sp³-hybridized carbons (Fsp3) is 0.194. The molecule has 0 unspecified atom stereocenters. The highest BCUT2D eigenvalue weighted by Crippen LogP contribution is 2.36. The number of benzene rings is 2. The second-order valence-corrected chi connectivity index (χ2v) is 13.0. The maximum absolute atomic E-state index is 14.0. The lowest BCUT2D eigenvalue weighted by Gasteiger charge is -2.22. The molecule has 226 valence electrons. The molecule has 4 aromatic rings. The topological polar surface area (TPSA) is 126 Å².